The number of nitrogens with zero attached hydrogens (tertiary/aromatic N) is 2. The molecule has 0 unspecified atom stereocenters. The van der Waals surface area contributed by atoms with Crippen LogP contribution in [0.3, 0.4) is 0 Å². The van der Waals surface area contributed by atoms with E-state index < -0.39 is 0 Å². The molecule has 0 saturated heterocycles. The van der Waals surface area contributed by atoms with Crippen molar-refractivity contribution in [3.05, 3.63) is 46.2 Å². The molecule has 0 aliphatic heterocycles. The van der Waals surface area contributed by atoms with Gasteiger partial charge in [0.15, 0.2) is 5.11 Å². The van der Waals surface area contributed by atoms with E-state index in [4.69, 9.17) is 35.4 Å². The summed E-state index contributed by atoms with van der Waals surface area (Å²) in [5.41, 5.74) is 1.74. The molecule has 0 radical (unpaired) electrons. The Kier molecular flexibility index (Phi) is 5.23. The van der Waals surface area contributed by atoms with Crippen molar-refractivity contribution in [1.29, 1.82) is 0 Å². The summed E-state index contributed by atoms with van der Waals surface area (Å²) in [7, 11) is 0. The van der Waals surface area contributed by atoms with Crippen LogP contribution in [0.4, 0.5) is 5.69 Å². The first-order chi connectivity index (χ1) is 9.60. The van der Waals surface area contributed by atoms with Gasteiger partial charge in [0.05, 0.1) is 21.9 Å². The molecule has 0 fully saturated rings. The average molecular weight is 329 g/mol. The van der Waals surface area contributed by atoms with Crippen molar-refractivity contribution in [1.82, 2.24) is 15.1 Å². The molecule has 2 aromatic rings. The standard InChI is InChI=1S/C13H14Cl2N4S/c1-2-19-8-9(7-17-19)6-16-13(20)18-11-5-3-4-10(14)12(11)15/h3-5,7-8H,2,6H2,1H3,(H2,16,18,20). The van der Waals surface area contributed by atoms with Gasteiger partial charge in [-0.2, -0.15) is 5.10 Å². The molecule has 106 valence electrons. The van der Waals surface area contributed by atoms with Crippen LogP contribution in [0.25, 0.3) is 0 Å². The van der Waals surface area contributed by atoms with E-state index in [-0.39, 0.29) is 0 Å². The number of rotatable bonds is 4. The third-order valence-corrected chi connectivity index (χ3v) is 3.73. The summed E-state index contributed by atoms with van der Waals surface area (Å²) in [6.07, 6.45) is 3.79. The van der Waals surface area contributed by atoms with Crippen LogP contribution in [0.2, 0.25) is 10.0 Å². The van der Waals surface area contributed by atoms with Crippen LogP contribution < -0.4 is 10.6 Å². The Balaban J connectivity index is 1.91. The summed E-state index contributed by atoms with van der Waals surface area (Å²) in [4.78, 5) is 0. The minimum absolute atomic E-state index is 0.456. The highest BCUT2D eigenvalue weighted by atomic mass is 35.5. The van der Waals surface area contributed by atoms with E-state index in [2.05, 4.69) is 15.7 Å². The Bertz CT molecular complexity index is 612. The number of nitrogens with one attached hydrogen (secondary N) is 2. The Morgan fingerprint density at radius 2 is 2.20 bits per heavy atom. The van der Waals surface area contributed by atoms with Crippen molar-refractivity contribution >= 4 is 46.2 Å². The molecule has 0 amide bonds. The molecular weight excluding hydrogens is 315 g/mol. The van der Waals surface area contributed by atoms with E-state index in [1.54, 1.807) is 6.07 Å². The molecule has 0 spiro atoms. The lowest BCUT2D eigenvalue weighted by atomic mass is 10.3. The fraction of sp³-hybridized carbons (Fsp3) is 0.231. The molecular formula is C13H14Cl2N4S. The van der Waals surface area contributed by atoms with Crippen LogP contribution in [0.15, 0.2) is 30.6 Å². The van der Waals surface area contributed by atoms with Gasteiger partial charge in [-0.25, -0.2) is 0 Å². The molecule has 20 heavy (non-hydrogen) atoms. The largest absolute Gasteiger partial charge is 0.358 e. The molecule has 1 heterocycles. The van der Waals surface area contributed by atoms with E-state index >= 15 is 0 Å². The van der Waals surface area contributed by atoms with Crippen LogP contribution >= 0.6 is 35.4 Å². The minimum atomic E-state index is 0.456. The Morgan fingerprint density at radius 3 is 2.90 bits per heavy atom. The van der Waals surface area contributed by atoms with Crippen LogP contribution in [0.5, 0.6) is 0 Å². The fourth-order valence-corrected chi connectivity index (χ4v) is 2.15. The number of thiocarbonyl (C=S) groups is 1. The molecule has 7 heteroatoms. The van der Waals surface area contributed by atoms with E-state index in [1.807, 2.05) is 36.1 Å². The molecule has 2 rings (SSSR count). The van der Waals surface area contributed by atoms with Crippen LogP contribution in [-0.2, 0) is 13.1 Å². The maximum Gasteiger partial charge on any atom is 0.171 e. The van der Waals surface area contributed by atoms with Gasteiger partial charge < -0.3 is 10.6 Å². The third kappa shape index (κ3) is 3.85. The van der Waals surface area contributed by atoms with Crippen molar-refractivity contribution in [2.45, 2.75) is 20.0 Å². The second kappa shape index (κ2) is 6.92. The third-order valence-electron chi connectivity index (χ3n) is 2.66. The SMILES string of the molecule is CCn1cc(CNC(=S)Nc2cccc(Cl)c2Cl)cn1. The van der Waals surface area contributed by atoms with Crippen molar-refractivity contribution < 1.29 is 0 Å². The maximum atomic E-state index is 6.08. The first-order valence-electron chi connectivity index (χ1n) is 6.10. The molecule has 0 aliphatic rings. The minimum Gasteiger partial charge on any atom is -0.358 e. The van der Waals surface area contributed by atoms with Gasteiger partial charge in [-0.15, -0.1) is 0 Å². The van der Waals surface area contributed by atoms with Crippen molar-refractivity contribution in [3.63, 3.8) is 0 Å². The Labute approximate surface area is 133 Å². The lowest BCUT2D eigenvalue weighted by Gasteiger charge is -2.11. The Hall–Kier alpha value is -1.30. The smallest absolute Gasteiger partial charge is 0.171 e. The first-order valence-corrected chi connectivity index (χ1v) is 7.26. The second-order valence-electron chi connectivity index (χ2n) is 4.11. The zero-order valence-electron chi connectivity index (χ0n) is 10.9. The van der Waals surface area contributed by atoms with Crippen molar-refractivity contribution in [2.75, 3.05) is 5.32 Å². The molecule has 0 aliphatic carbocycles. The normalized spacial score (nSPS) is 10.3. The zero-order chi connectivity index (χ0) is 14.5. The summed E-state index contributed by atoms with van der Waals surface area (Å²) < 4.78 is 1.86. The molecule has 1 aromatic heterocycles. The average Bonchev–Trinajstić information content (AvgIpc) is 2.90. The second-order valence-corrected chi connectivity index (χ2v) is 5.31. The number of hydrogen-bond donors (Lipinski definition) is 2. The van der Waals surface area contributed by atoms with E-state index in [9.17, 15) is 0 Å². The first kappa shape index (κ1) is 15.1. The highest BCUT2D eigenvalue weighted by Gasteiger charge is 2.06. The maximum absolute atomic E-state index is 6.08. The van der Waals surface area contributed by atoms with E-state index in [0.717, 1.165) is 12.1 Å². The molecule has 0 bridgehead atoms. The highest BCUT2D eigenvalue weighted by Crippen LogP contribution is 2.29. The monoisotopic (exact) mass is 328 g/mol. The van der Waals surface area contributed by atoms with Gasteiger partial charge in [-0.05, 0) is 31.3 Å². The molecule has 0 atom stereocenters. The number of halogens is 2. The molecule has 4 nitrogen and oxygen atoms in total. The molecule has 1 aromatic carbocycles. The number of hydrogen-bond acceptors (Lipinski definition) is 2. The topological polar surface area (TPSA) is 41.9 Å². The predicted molar refractivity (Wildman–Crippen MR) is 87.4 cm³/mol. The summed E-state index contributed by atoms with van der Waals surface area (Å²) >= 11 is 17.2. The predicted octanol–water partition coefficient (Wildman–Crippen LogP) is 3.70. The van der Waals surface area contributed by atoms with E-state index in [0.29, 0.717) is 27.4 Å². The lowest BCUT2D eigenvalue weighted by Crippen LogP contribution is -2.27. The fourth-order valence-electron chi connectivity index (χ4n) is 1.62. The highest BCUT2D eigenvalue weighted by molar-refractivity contribution is 7.80. The van der Waals surface area contributed by atoms with Crippen LogP contribution in [0, 0.1) is 0 Å². The van der Waals surface area contributed by atoms with Gasteiger partial charge in [0.25, 0.3) is 0 Å². The Morgan fingerprint density at radius 1 is 1.40 bits per heavy atom. The summed E-state index contributed by atoms with van der Waals surface area (Å²) in [6.45, 7) is 3.49. The number of benzene rings is 1. The van der Waals surface area contributed by atoms with Gasteiger partial charge in [0.1, 0.15) is 0 Å². The quantitative estimate of drug-likeness (QED) is 0.840. The van der Waals surface area contributed by atoms with Gasteiger partial charge in [-0.1, -0.05) is 29.3 Å². The zero-order valence-corrected chi connectivity index (χ0v) is 13.2. The van der Waals surface area contributed by atoms with Crippen LogP contribution in [-0.4, -0.2) is 14.9 Å². The van der Waals surface area contributed by atoms with Crippen molar-refractivity contribution in [3.8, 4) is 0 Å². The summed E-state index contributed by atoms with van der Waals surface area (Å²) in [5, 5.41) is 11.7. The molecule has 0 saturated carbocycles. The number of anilines is 1. The lowest BCUT2D eigenvalue weighted by molar-refractivity contribution is 0.659. The van der Waals surface area contributed by atoms with Gasteiger partial charge in [0.2, 0.25) is 0 Å². The molecule has 2 N–H and O–H groups in total. The number of aryl methyl sites for hydroxylation is 1. The van der Waals surface area contributed by atoms with E-state index in [1.165, 1.54) is 0 Å². The van der Waals surface area contributed by atoms with Crippen LogP contribution in [0.1, 0.15) is 12.5 Å². The van der Waals surface area contributed by atoms with Gasteiger partial charge in [0, 0.05) is 24.8 Å². The number of aromatic nitrogens is 2. The van der Waals surface area contributed by atoms with Gasteiger partial charge in [-0.3, -0.25) is 4.68 Å². The summed E-state index contributed by atoms with van der Waals surface area (Å²) in [5.74, 6) is 0. The van der Waals surface area contributed by atoms with Crippen molar-refractivity contribution in [2.24, 2.45) is 0 Å². The van der Waals surface area contributed by atoms with Gasteiger partial charge >= 0.3 is 0 Å². The summed E-state index contributed by atoms with van der Waals surface area (Å²) in [6, 6.07) is 5.35.